The van der Waals surface area contributed by atoms with Crippen LogP contribution in [0.5, 0.6) is 0 Å². The molecule has 1 aliphatic heterocycles. The van der Waals surface area contributed by atoms with Crippen LogP contribution in [-0.2, 0) is 19.9 Å². The van der Waals surface area contributed by atoms with Crippen LogP contribution in [0.1, 0.15) is 35.7 Å². The van der Waals surface area contributed by atoms with Crippen LogP contribution < -0.4 is 5.73 Å². The van der Waals surface area contributed by atoms with Gasteiger partial charge in [-0.25, -0.2) is 14.8 Å². The Morgan fingerprint density at radius 3 is 2.06 bits per heavy atom. The monoisotopic (exact) mass is 461 g/mol. The number of aliphatic hydroxyl groups is 1. The number of hydrogen-bond donors (Lipinski definition) is 2. The number of nitrogens with zero attached hydrogens (tertiary/aromatic N) is 3. The molecule has 2 aromatic carbocycles. The molecule has 0 bridgehead atoms. The van der Waals surface area contributed by atoms with Gasteiger partial charge in [-0.3, -0.25) is 4.79 Å². The Balaban J connectivity index is 1.52. The minimum Gasteiger partial charge on any atom is -0.459 e. The van der Waals surface area contributed by atoms with E-state index in [2.05, 4.69) is 9.97 Å². The molecule has 1 aromatic heterocycles. The van der Waals surface area contributed by atoms with Crippen molar-refractivity contribution in [3.8, 4) is 0 Å². The second-order valence-corrected chi connectivity index (χ2v) is 8.91. The number of likely N-dealkylation sites (N-methyl/N-ethyl adjacent to an activating group) is 1. The van der Waals surface area contributed by atoms with Crippen LogP contribution >= 0.6 is 0 Å². The largest absolute Gasteiger partial charge is 0.459 e. The van der Waals surface area contributed by atoms with Gasteiger partial charge in [0, 0.05) is 19.0 Å². The molecule has 1 amide bonds. The number of hydrogen-bond acceptors (Lipinski definition) is 6. The van der Waals surface area contributed by atoms with Crippen molar-refractivity contribution in [2.45, 2.75) is 30.6 Å². The fourth-order valence-electron chi connectivity index (χ4n) is 4.74. The summed E-state index contributed by atoms with van der Waals surface area (Å²) >= 11 is 0. The van der Waals surface area contributed by atoms with E-state index in [1.54, 1.807) is 60.8 Å². The Hall–Kier alpha value is -3.62. The number of rotatable bonds is 7. The molecular weight excluding hydrogens is 432 g/mol. The van der Waals surface area contributed by atoms with Crippen LogP contribution in [0.15, 0.2) is 79.3 Å². The van der Waals surface area contributed by atoms with Crippen LogP contribution in [0.3, 0.4) is 0 Å². The minimum atomic E-state index is -1.92. The van der Waals surface area contributed by atoms with Gasteiger partial charge in [-0.15, -0.1) is 0 Å². The Labute approximate surface area is 198 Å². The van der Waals surface area contributed by atoms with Crippen molar-refractivity contribution in [2.24, 2.45) is 5.73 Å². The molecule has 0 radical (unpaired) electrons. The van der Waals surface area contributed by atoms with Crippen molar-refractivity contribution >= 4 is 11.9 Å². The maximum Gasteiger partial charge on any atom is 0.347 e. The Morgan fingerprint density at radius 2 is 1.59 bits per heavy atom. The molecule has 8 nitrogen and oxygen atoms in total. The summed E-state index contributed by atoms with van der Waals surface area (Å²) in [7, 11) is 1.96. The van der Waals surface area contributed by atoms with Gasteiger partial charge in [0.25, 0.3) is 5.91 Å². The first-order valence-electron chi connectivity index (χ1n) is 11.3. The molecule has 0 saturated carbocycles. The summed E-state index contributed by atoms with van der Waals surface area (Å²) < 4.78 is 6.23. The van der Waals surface area contributed by atoms with E-state index >= 15 is 0 Å². The van der Waals surface area contributed by atoms with Crippen molar-refractivity contribution in [2.75, 3.05) is 20.1 Å². The highest BCUT2D eigenvalue weighted by atomic mass is 16.6. The number of benzene rings is 2. The summed E-state index contributed by atoms with van der Waals surface area (Å²) in [5, 5.41) is 11.6. The van der Waals surface area contributed by atoms with Crippen molar-refractivity contribution < 1.29 is 23.9 Å². The van der Waals surface area contributed by atoms with E-state index in [-0.39, 0.29) is 0 Å². The highest BCUT2D eigenvalue weighted by Gasteiger charge is 2.46. The lowest BCUT2D eigenvalue weighted by Gasteiger charge is -2.44. The van der Waals surface area contributed by atoms with Gasteiger partial charge in [-0.1, -0.05) is 60.7 Å². The van der Waals surface area contributed by atoms with E-state index in [1.165, 1.54) is 6.33 Å². The predicted octanol–water partition coefficient (Wildman–Crippen LogP) is 2.09. The molecule has 3 N–H and O–H groups in total. The Bertz CT molecular complexity index is 1080. The van der Waals surface area contributed by atoms with Crippen LogP contribution in [-0.4, -0.2) is 57.7 Å². The first-order chi connectivity index (χ1) is 16.3. The summed E-state index contributed by atoms with van der Waals surface area (Å²) in [6.07, 6.45) is 3.65. The van der Waals surface area contributed by atoms with Crippen LogP contribution in [0, 0.1) is 0 Å². The summed E-state index contributed by atoms with van der Waals surface area (Å²) in [6, 6.07) is 18.7. The number of ether oxygens (including phenoxy) is 1. The fourth-order valence-corrected chi connectivity index (χ4v) is 4.74. The highest BCUT2D eigenvalue weighted by molar-refractivity contribution is 5.85. The molecule has 34 heavy (non-hydrogen) atoms. The van der Waals surface area contributed by atoms with Gasteiger partial charge in [0.1, 0.15) is 18.1 Å². The van der Waals surface area contributed by atoms with E-state index in [1.807, 2.05) is 19.2 Å². The van der Waals surface area contributed by atoms with Crippen molar-refractivity contribution in [3.63, 3.8) is 0 Å². The summed E-state index contributed by atoms with van der Waals surface area (Å²) in [5.74, 6) is -1.17. The van der Waals surface area contributed by atoms with Gasteiger partial charge < -0.3 is 20.1 Å². The third kappa shape index (κ3) is 4.55. The first kappa shape index (κ1) is 23.5. The van der Waals surface area contributed by atoms with Gasteiger partial charge >= 0.3 is 5.97 Å². The molecule has 1 saturated heterocycles. The smallest absolute Gasteiger partial charge is 0.347 e. The molecular formula is C26H29N4O4+. The third-order valence-electron chi connectivity index (χ3n) is 6.65. The molecule has 8 heteroatoms. The molecule has 1 fully saturated rings. The zero-order chi connectivity index (χ0) is 24.2. The lowest BCUT2D eigenvalue weighted by molar-refractivity contribution is -0.935. The molecule has 1 unspecified atom stereocenters. The van der Waals surface area contributed by atoms with Gasteiger partial charge in [0.05, 0.1) is 20.1 Å². The van der Waals surface area contributed by atoms with Crippen LogP contribution in [0.2, 0.25) is 0 Å². The van der Waals surface area contributed by atoms with E-state index in [9.17, 15) is 14.7 Å². The zero-order valence-corrected chi connectivity index (χ0v) is 19.1. The normalized spacial score (nSPS) is 21.4. The number of carbonyl (C=O) groups excluding carboxylic acids is 2. The van der Waals surface area contributed by atoms with Gasteiger partial charge in [-0.05, 0) is 17.2 Å². The Morgan fingerprint density at radius 1 is 1.03 bits per heavy atom. The molecule has 2 heterocycles. The van der Waals surface area contributed by atoms with Crippen LogP contribution in [0.4, 0.5) is 0 Å². The third-order valence-corrected chi connectivity index (χ3v) is 6.65. The fraction of sp³-hybridized carbons (Fsp3) is 0.308. The number of piperidine rings is 1. The molecule has 0 spiro atoms. The molecule has 1 atom stereocenters. The number of amides is 1. The molecule has 1 aliphatic rings. The second-order valence-electron chi connectivity index (χ2n) is 8.91. The average molecular weight is 462 g/mol. The average Bonchev–Trinajstić information content (AvgIpc) is 2.86. The number of likely N-dealkylation sites (tertiary alicyclic amines) is 1. The van der Waals surface area contributed by atoms with Crippen molar-refractivity contribution in [3.05, 3.63) is 96.1 Å². The topological polar surface area (TPSA) is 115 Å². The predicted molar refractivity (Wildman–Crippen MR) is 125 cm³/mol. The lowest BCUT2D eigenvalue weighted by Crippen LogP contribution is -2.57. The zero-order valence-electron chi connectivity index (χ0n) is 19.1. The summed E-state index contributed by atoms with van der Waals surface area (Å²) in [5.41, 5.74) is 5.29. The van der Waals surface area contributed by atoms with Crippen molar-refractivity contribution in [1.29, 1.82) is 0 Å². The minimum absolute atomic E-state index is 0.363. The van der Waals surface area contributed by atoms with Gasteiger partial charge in [-0.2, -0.15) is 0 Å². The number of nitrogens with two attached hydrogens (primary N) is 1. The van der Waals surface area contributed by atoms with Gasteiger partial charge in [0.2, 0.25) is 11.6 Å². The van der Waals surface area contributed by atoms with Crippen LogP contribution in [0.25, 0.3) is 0 Å². The number of esters is 1. The highest BCUT2D eigenvalue weighted by Crippen LogP contribution is 2.34. The SMILES string of the molecule is C[N+]1(C(C(N)=O)c2ccncn2)CCC(OC(=O)C(O)(c2ccccc2)c2ccccc2)CC1. The van der Waals surface area contributed by atoms with Gasteiger partial charge in [0.15, 0.2) is 0 Å². The van der Waals surface area contributed by atoms with E-state index in [4.69, 9.17) is 10.5 Å². The quantitative estimate of drug-likeness (QED) is 0.411. The molecule has 4 rings (SSSR count). The standard InChI is InChI=1S/C26H28N4O4/c1-30(23(24(27)31)22-12-15-28-18-29-22)16-13-21(14-17-30)34-25(32)26(33,19-8-4-2-5-9-19)20-10-6-3-7-11-20/h2-12,15,18,21,23,33H,13-14,16-17H2,1H3,(H-,27,31)/p+1. The number of carbonyl (C=O) groups is 2. The number of aromatic nitrogens is 2. The van der Waals surface area contributed by atoms with E-state index in [0.29, 0.717) is 47.2 Å². The maximum absolute atomic E-state index is 13.4. The van der Waals surface area contributed by atoms with E-state index in [0.717, 1.165) is 0 Å². The molecule has 0 aliphatic carbocycles. The maximum atomic E-state index is 13.4. The first-order valence-corrected chi connectivity index (χ1v) is 11.3. The van der Waals surface area contributed by atoms with Crippen molar-refractivity contribution in [1.82, 2.24) is 9.97 Å². The second kappa shape index (κ2) is 9.70. The summed E-state index contributed by atoms with van der Waals surface area (Å²) in [6.45, 7) is 1.12. The summed E-state index contributed by atoms with van der Waals surface area (Å²) in [4.78, 5) is 33.9. The Kier molecular flexibility index (Phi) is 6.72. The molecule has 176 valence electrons. The lowest BCUT2D eigenvalue weighted by atomic mass is 9.86. The molecule has 3 aromatic rings. The van der Waals surface area contributed by atoms with E-state index < -0.39 is 29.6 Å². The number of quaternary nitrogens is 1. The number of primary amides is 1.